The molecule has 0 atom stereocenters. The minimum absolute atomic E-state index is 0.306. The Morgan fingerprint density at radius 2 is 1.87 bits per heavy atom. The Labute approximate surface area is 132 Å². The van der Waals surface area contributed by atoms with E-state index in [1.54, 1.807) is 30.3 Å². The summed E-state index contributed by atoms with van der Waals surface area (Å²) in [6.45, 7) is 0. The van der Waals surface area contributed by atoms with E-state index in [-0.39, 0.29) is 5.91 Å². The molecule has 0 aliphatic carbocycles. The number of amides is 1. The molecule has 1 aromatic heterocycles. The molecule has 0 radical (unpaired) electrons. The zero-order valence-corrected chi connectivity index (χ0v) is 12.1. The van der Waals surface area contributed by atoms with Crippen LogP contribution >= 0.6 is 0 Å². The number of nitrogens with one attached hydrogen (secondary N) is 1. The number of carbonyl (C=O) groups excluding carboxylic acids is 1. The summed E-state index contributed by atoms with van der Waals surface area (Å²) in [6.07, 6.45) is 1.51. The summed E-state index contributed by atoms with van der Waals surface area (Å²) >= 11 is 0. The third-order valence-corrected chi connectivity index (χ3v) is 3.25. The van der Waals surface area contributed by atoms with Crippen molar-refractivity contribution < 1.29 is 4.79 Å². The van der Waals surface area contributed by atoms with Crippen molar-refractivity contribution in [2.75, 3.05) is 0 Å². The molecule has 5 heteroatoms. The van der Waals surface area contributed by atoms with Gasteiger partial charge in [-0.3, -0.25) is 4.79 Å². The molecule has 3 rings (SSSR count). The van der Waals surface area contributed by atoms with Crippen LogP contribution in [-0.4, -0.2) is 17.1 Å². The standard InChI is InChI=1S/C18H12N4O/c19-11-13-5-7-14(8-6-13)12-20-22-18(23)17-10-9-15-3-1-2-4-16(15)21-17/h1-10,12H,(H,22,23)/b20-12+. The second kappa shape index (κ2) is 6.50. The normalized spacial score (nSPS) is 10.6. The molecule has 1 N–H and O–H groups in total. The number of nitrogens with zero attached hydrogens (tertiary/aromatic N) is 3. The SMILES string of the molecule is N#Cc1ccc(/C=N/NC(=O)c2ccc3ccccc3n2)cc1. The zero-order chi connectivity index (χ0) is 16.1. The monoisotopic (exact) mass is 300 g/mol. The molecule has 0 bridgehead atoms. The molecule has 0 saturated carbocycles. The molecule has 0 saturated heterocycles. The second-order valence-corrected chi connectivity index (χ2v) is 4.82. The molecule has 5 nitrogen and oxygen atoms in total. The Morgan fingerprint density at radius 3 is 2.65 bits per heavy atom. The number of benzene rings is 2. The van der Waals surface area contributed by atoms with Gasteiger partial charge < -0.3 is 0 Å². The second-order valence-electron chi connectivity index (χ2n) is 4.82. The number of hydrogen-bond donors (Lipinski definition) is 1. The van der Waals surface area contributed by atoms with Crippen LogP contribution in [0.1, 0.15) is 21.6 Å². The van der Waals surface area contributed by atoms with Crippen LogP contribution in [0.2, 0.25) is 0 Å². The minimum atomic E-state index is -0.374. The summed E-state index contributed by atoms with van der Waals surface area (Å²) < 4.78 is 0. The third-order valence-electron chi connectivity index (χ3n) is 3.25. The molecule has 0 spiro atoms. The van der Waals surface area contributed by atoms with Crippen LogP contribution in [0.3, 0.4) is 0 Å². The highest BCUT2D eigenvalue weighted by Gasteiger charge is 2.06. The molecule has 23 heavy (non-hydrogen) atoms. The first kappa shape index (κ1) is 14.4. The quantitative estimate of drug-likeness (QED) is 0.596. The van der Waals surface area contributed by atoms with E-state index in [9.17, 15) is 4.79 Å². The van der Waals surface area contributed by atoms with E-state index < -0.39 is 0 Å². The summed E-state index contributed by atoms with van der Waals surface area (Å²) in [7, 11) is 0. The van der Waals surface area contributed by atoms with Crippen molar-refractivity contribution in [2.45, 2.75) is 0 Å². The molecule has 1 amide bonds. The number of pyridine rings is 1. The molecule has 110 valence electrons. The van der Waals surface area contributed by atoms with Crippen LogP contribution in [-0.2, 0) is 0 Å². The largest absolute Gasteiger partial charge is 0.289 e. The number of rotatable bonds is 3. The van der Waals surface area contributed by atoms with E-state index in [0.717, 1.165) is 16.5 Å². The van der Waals surface area contributed by atoms with Gasteiger partial charge in [-0.05, 0) is 29.8 Å². The van der Waals surface area contributed by atoms with Crippen molar-refractivity contribution in [3.8, 4) is 6.07 Å². The van der Waals surface area contributed by atoms with Crippen LogP contribution in [0.4, 0.5) is 0 Å². The fraction of sp³-hybridized carbons (Fsp3) is 0. The Balaban J connectivity index is 1.70. The van der Waals surface area contributed by atoms with Gasteiger partial charge in [-0.2, -0.15) is 10.4 Å². The van der Waals surface area contributed by atoms with Crippen molar-refractivity contribution in [3.63, 3.8) is 0 Å². The van der Waals surface area contributed by atoms with Gasteiger partial charge in [0, 0.05) is 5.39 Å². The van der Waals surface area contributed by atoms with Gasteiger partial charge in [0.05, 0.1) is 23.4 Å². The number of fused-ring (bicyclic) bond motifs is 1. The van der Waals surface area contributed by atoms with Crippen LogP contribution in [0, 0.1) is 11.3 Å². The Kier molecular flexibility index (Phi) is 4.07. The maximum atomic E-state index is 12.0. The lowest BCUT2D eigenvalue weighted by molar-refractivity contribution is 0.0950. The summed E-state index contributed by atoms with van der Waals surface area (Å²) in [5.74, 6) is -0.374. The van der Waals surface area contributed by atoms with E-state index >= 15 is 0 Å². The van der Waals surface area contributed by atoms with E-state index in [0.29, 0.717) is 11.3 Å². The van der Waals surface area contributed by atoms with Gasteiger partial charge in [0.2, 0.25) is 0 Å². The first-order chi connectivity index (χ1) is 11.3. The van der Waals surface area contributed by atoms with Crippen LogP contribution < -0.4 is 5.43 Å². The maximum Gasteiger partial charge on any atom is 0.289 e. The van der Waals surface area contributed by atoms with Gasteiger partial charge >= 0.3 is 0 Å². The van der Waals surface area contributed by atoms with Crippen molar-refractivity contribution in [1.29, 1.82) is 5.26 Å². The van der Waals surface area contributed by atoms with Crippen LogP contribution in [0.15, 0.2) is 65.8 Å². The van der Waals surface area contributed by atoms with E-state index in [2.05, 4.69) is 15.5 Å². The van der Waals surface area contributed by atoms with Gasteiger partial charge in [-0.25, -0.2) is 10.4 Å². The topological polar surface area (TPSA) is 78.1 Å². The summed E-state index contributed by atoms with van der Waals surface area (Å²) in [5, 5.41) is 13.6. The first-order valence-electron chi connectivity index (χ1n) is 6.95. The Morgan fingerprint density at radius 1 is 1.09 bits per heavy atom. The highest BCUT2D eigenvalue weighted by Crippen LogP contribution is 2.11. The number of hydrogen-bond acceptors (Lipinski definition) is 4. The number of para-hydroxylation sites is 1. The van der Waals surface area contributed by atoms with Crippen molar-refractivity contribution in [1.82, 2.24) is 10.4 Å². The maximum absolute atomic E-state index is 12.0. The fourth-order valence-electron chi connectivity index (χ4n) is 2.06. The van der Waals surface area contributed by atoms with Gasteiger partial charge in [0.25, 0.3) is 5.91 Å². The first-order valence-corrected chi connectivity index (χ1v) is 6.95. The lowest BCUT2D eigenvalue weighted by Crippen LogP contribution is -2.18. The molecule has 1 heterocycles. The predicted octanol–water partition coefficient (Wildman–Crippen LogP) is 2.87. The molecular weight excluding hydrogens is 288 g/mol. The zero-order valence-electron chi connectivity index (χ0n) is 12.1. The summed E-state index contributed by atoms with van der Waals surface area (Å²) in [6, 6.07) is 20.0. The number of carbonyl (C=O) groups is 1. The molecule has 2 aromatic carbocycles. The van der Waals surface area contributed by atoms with Gasteiger partial charge in [0.1, 0.15) is 5.69 Å². The Hall–Kier alpha value is -3.52. The van der Waals surface area contributed by atoms with Crippen molar-refractivity contribution in [3.05, 3.63) is 77.5 Å². The number of hydrazone groups is 1. The highest BCUT2D eigenvalue weighted by atomic mass is 16.2. The Bertz CT molecular complexity index is 924. The number of nitriles is 1. The lowest BCUT2D eigenvalue weighted by atomic mass is 10.2. The molecule has 0 fully saturated rings. The molecule has 3 aromatic rings. The van der Waals surface area contributed by atoms with E-state index in [1.165, 1.54) is 6.21 Å². The van der Waals surface area contributed by atoms with Crippen LogP contribution in [0.5, 0.6) is 0 Å². The fourth-order valence-corrected chi connectivity index (χ4v) is 2.06. The van der Waals surface area contributed by atoms with Crippen molar-refractivity contribution >= 4 is 23.0 Å². The van der Waals surface area contributed by atoms with Crippen LogP contribution in [0.25, 0.3) is 10.9 Å². The summed E-state index contributed by atoms with van der Waals surface area (Å²) in [5.41, 5.74) is 4.87. The van der Waals surface area contributed by atoms with Gasteiger partial charge in [-0.15, -0.1) is 0 Å². The molecule has 0 unspecified atom stereocenters. The average molecular weight is 300 g/mol. The van der Waals surface area contributed by atoms with Gasteiger partial charge in [0.15, 0.2) is 0 Å². The van der Waals surface area contributed by atoms with Crippen molar-refractivity contribution in [2.24, 2.45) is 5.10 Å². The number of aromatic nitrogens is 1. The van der Waals surface area contributed by atoms with E-state index in [4.69, 9.17) is 5.26 Å². The van der Waals surface area contributed by atoms with Gasteiger partial charge in [-0.1, -0.05) is 36.4 Å². The molecule has 0 aliphatic heterocycles. The highest BCUT2D eigenvalue weighted by molar-refractivity contribution is 5.95. The molecule has 0 aliphatic rings. The lowest BCUT2D eigenvalue weighted by Gasteiger charge is -2.01. The smallest absolute Gasteiger partial charge is 0.266 e. The summed E-state index contributed by atoms with van der Waals surface area (Å²) in [4.78, 5) is 16.4. The average Bonchev–Trinajstić information content (AvgIpc) is 2.61. The molecular formula is C18H12N4O. The minimum Gasteiger partial charge on any atom is -0.266 e. The predicted molar refractivity (Wildman–Crippen MR) is 88.0 cm³/mol. The third kappa shape index (κ3) is 3.39. The van der Waals surface area contributed by atoms with E-state index in [1.807, 2.05) is 36.4 Å².